The van der Waals surface area contributed by atoms with Crippen LogP contribution in [0.15, 0.2) is 36.0 Å². The molecule has 4 N–H and O–H groups in total. The van der Waals surface area contributed by atoms with Crippen molar-refractivity contribution in [3.63, 3.8) is 0 Å². The van der Waals surface area contributed by atoms with Crippen molar-refractivity contribution in [3.05, 3.63) is 36.0 Å². The number of esters is 1. The van der Waals surface area contributed by atoms with Crippen molar-refractivity contribution in [2.75, 3.05) is 27.4 Å². The minimum Gasteiger partial charge on any atom is -0.456 e. The van der Waals surface area contributed by atoms with Gasteiger partial charge in [0.2, 0.25) is 5.79 Å². The number of methoxy groups -OCH3 is 2. The highest BCUT2D eigenvalue weighted by Crippen LogP contribution is 2.39. The quantitative estimate of drug-likeness (QED) is 0.163. The molecule has 2 bridgehead atoms. The number of ether oxygens (including phenoxy) is 4. The molecule has 13 nitrogen and oxygen atoms in total. The Balaban J connectivity index is 1.78. The summed E-state index contributed by atoms with van der Waals surface area (Å²) in [5.74, 6) is -8.19. The van der Waals surface area contributed by atoms with Crippen molar-refractivity contribution >= 4 is 23.4 Å². The first-order valence-electron chi connectivity index (χ1n) is 21.0. The number of hydrogen-bond acceptors (Lipinski definition) is 12. The average Bonchev–Trinajstić information content (AvgIpc) is 3.18. The van der Waals surface area contributed by atoms with Gasteiger partial charge >= 0.3 is 5.97 Å². The molecule has 14 atom stereocenters. The Morgan fingerprint density at radius 2 is 1.67 bits per heavy atom. The van der Waals surface area contributed by atoms with Gasteiger partial charge in [-0.2, -0.15) is 0 Å². The first-order valence-corrected chi connectivity index (χ1v) is 21.0. The first kappa shape index (κ1) is 46.9. The van der Waals surface area contributed by atoms with Gasteiger partial charge in [0.25, 0.3) is 11.7 Å². The average molecular weight is 804 g/mol. The summed E-state index contributed by atoms with van der Waals surface area (Å²) in [5, 5.41) is 44.0. The van der Waals surface area contributed by atoms with Crippen molar-refractivity contribution in [2.45, 2.75) is 154 Å². The van der Waals surface area contributed by atoms with Crippen molar-refractivity contribution < 1.29 is 58.6 Å². The van der Waals surface area contributed by atoms with Crippen LogP contribution in [0.3, 0.4) is 0 Å². The molecule has 2 saturated heterocycles. The summed E-state index contributed by atoms with van der Waals surface area (Å²) in [6.45, 7) is 12.9. The molecule has 1 aliphatic carbocycles. The van der Waals surface area contributed by atoms with E-state index in [2.05, 4.69) is 6.58 Å². The monoisotopic (exact) mass is 803 g/mol. The summed E-state index contributed by atoms with van der Waals surface area (Å²) < 4.78 is 24.2. The van der Waals surface area contributed by atoms with Crippen LogP contribution in [0.2, 0.25) is 0 Å². The largest absolute Gasteiger partial charge is 0.456 e. The molecule has 3 aliphatic heterocycles. The number of ketones is 2. The molecule has 322 valence electrons. The molecule has 0 aromatic carbocycles. The van der Waals surface area contributed by atoms with Crippen LogP contribution < -0.4 is 0 Å². The normalized spacial score (nSPS) is 41.0. The van der Waals surface area contributed by atoms with Crippen LogP contribution in [-0.2, 0) is 38.1 Å². The lowest BCUT2D eigenvalue weighted by molar-refractivity contribution is -0.302. The van der Waals surface area contributed by atoms with Gasteiger partial charge in [0.05, 0.1) is 24.4 Å². The summed E-state index contributed by atoms with van der Waals surface area (Å²) in [4.78, 5) is 57.8. The molecule has 3 heterocycles. The van der Waals surface area contributed by atoms with E-state index in [1.165, 1.54) is 19.1 Å². The molecule has 4 rings (SSSR count). The maximum Gasteiger partial charge on any atom is 0.329 e. The zero-order valence-corrected chi connectivity index (χ0v) is 35.1. The Morgan fingerprint density at radius 1 is 0.982 bits per heavy atom. The van der Waals surface area contributed by atoms with Gasteiger partial charge in [-0.3, -0.25) is 14.4 Å². The lowest BCUT2D eigenvalue weighted by Crippen LogP contribution is -2.64. The number of aliphatic hydroxyl groups excluding tert-OH is 3. The maximum atomic E-state index is 14.3. The Morgan fingerprint density at radius 3 is 2.32 bits per heavy atom. The van der Waals surface area contributed by atoms with E-state index >= 15 is 0 Å². The van der Waals surface area contributed by atoms with Crippen molar-refractivity contribution in [3.8, 4) is 0 Å². The van der Waals surface area contributed by atoms with E-state index in [9.17, 15) is 39.6 Å². The molecular weight excluding hydrogens is 734 g/mol. The van der Waals surface area contributed by atoms with Gasteiger partial charge in [0.1, 0.15) is 24.0 Å². The molecule has 57 heavy (non-hydrogen) atoms. The topological polar surface area (TPSA) is 189 Å². The summed E-state index contributed by atoms with van der Waals surface area (Å²) in [7, 11) is 3.04. The lowest BCUT2D eigenvalue weighted by Gasteiger charge is -2.47. The number of nitrogens with zero attached hydrogens (tertiary/aromatic N) is 1. The minimum atomic E-state index is -2.52. The van der Waals surface area contributed by atoms with Crippen LogP contribution in [-0.4, -0.2) is 125 Å². The molecule has 0 spiro atoms. The molecule has 4 aliphatic rings. The molecule has 0 radical (unpaired) electrons. The number of Topliss-reactive ketones (excluding diaryl/α,β-unsaturated/α-hetero) is 2. The van der Waals surface area contributed by atoms with Crippen LogP contribution in [0.4, 0.5) is 0 Å². The second kappa shape index (κ2) is 21.0. The number of fused-ring (bicyclic) bond motifs is 3. The third kappa shape index (κ3) is 11.3. The first-order chi connectivity index (χ1) is 27.0. The fourth-order valence-electron chi connectivity index (χ4n) is 9.51. The van der Waals surface area contributed by atoms with E-state index in [0.29, 0.717) is 56.9 Å². The molecule has 0 aromatic heterocycles. The fraction of sp³-hybridized carbons (Fsp3) is 0.773. The number of carbonyl (C=O) groups excluding carboxylic acids is 4. The summed E-state index contributed by atoms with van der Waals surface area (Å²) in [6, 6.07) is -1.16. The highest BCUT2D eigenvalue weighted by molar-refractivity contribution is 6.39. The molecule has 13 heteroatoms. The zero-order valence-electron chi connectivity index (χ0n) is 35.1. The van der Waals surface area contributed by atoms with Gasteiger partial charge in [-0.15, -0.1) is 6.58 Å². The van der Waals surface area contributed by atoms with E-state index in [0.717, 1.165) is 5.57 Å². The molecular formula is C44H69NO12. The second-order valence-corrected chi connectivity index (χ2v) is 17.4. The third-order valence-electron chi connectivity index (χ3n) is 13.0. The van der Waals surface area contributed by atoms with E-state index in [-0.39, 0.29) is 56.0 Å². The molecule has 0 aromatic rings. The minimum absolute atomic E-state index is 0.00385. The summed E-state index contributed by atoms with van der Waals surface area (Å²) >= 11 is 0. The molecule has 3 fully saturated rings. The Bertz CT molecular complexity index is 1480. The number of allylic oxidation sites excluding steroid dienone is 4. The number of aliphatic hydroxyl groups is 4. The van der Waals surface area contributed by atoms with Crippen molar-refractivity contribution in [1.29, 1.82) is 0 Å². The van der Waals surface area contributed by atoms with E-state index in [4.69, 9.17) is 18.9 Å². The van der Waals surface area contributed by atoms with E-state index < -0.39 is 83.9 Å². The van der Waals surface area contributed by atoms with Crippen LogP contribution in [0, 0.1) is 35.5 Å². The van der Waals surface area contributed by atoms with Crippen molar-refractivity contribution in [2.24, 2.45) is 35.5 Å². The summed E-state index contributed by atoms with van der Waals surface area (Å²) in [6.07, 6.45) is 5.00. The highest BCUT2D eigenvalue weighted by Gasteiger charge is 2.56. The molecule has 1 amide bonds. The van der Waals surface area contributed by atoms with Crippen molar-refractivity contribution in [1.82, 2.24) is 4.90 Å². The van der Waals surface area contributed by atoms with Gasteiger partial charge in [0.15, 0.2) is 0 Å². The number of rotatable bonds is 7. The standard InChI is InChI=1S/C44H69NO12/c1-9-12-31-18-25(2)17-26(3)19-37(54-7)40-38(55-8)21-28(5)44(53,57-40)41(50)42(51)45-16-11-10-13-33(45)43(52)56-39(29(6)35(48)23-36(31)49)27(4)20-30-14-15-34(47)32(22-30)24-46/h9,18,20,26,28-35,37-40,46-48,53H,1,10-17,19,21-24H2,2-8H3/b25-18+,27-20+/t26-,28+,29+,30-,31+,32-,33?,34+,35-,37-,38-,39+,40+,44+/m0/s1. The van der Waals surface area contributed by atoms with Crippen LogP contribution >= 0.6 is 0 Å². The SMILES string of the molecule is C=CC[C@@H]1/C=C(\C)C[C@H](C)C[C@H](OC)[C@H]2O[C@@](O)(C(=O)C(=O)N3CCCCC3C(=O)O[C@H](/C(C)=C/[C@@H]3CC[C@@H](O)[C@H](CO)C3)[C@H](C)[C@@H](O)CC1=O)[C@H](C)C[C@@H]2OC. The van der Waals surface area contributed by atoms with Gasteiger partial charge in [-0.1, -0.05) is 44.6 Å². The van der Waals surface area contributed by atoms with Gasteiger partial charge < -0.3 is 44.3 Å². The Kier molecular flexibility index (Phi) is 17.2. The summed E-state index contributed by atoms with van der Waals surface area (Å²) in [5.41, 5.74) is 1.58. The van der Waals surface area contributed by atoms with Gasteiger partial charge in [-0.05, 0) is 95.5 Å². The van der Waals surface area contributed by atoms with Gasteiger partial charge in [0, 0.05) is 57.5 Å². The smallest absolute Gasteiger partial charge is 0.329 e. The maximum absolute atomic E-state index is 14.3. The predicted octanol–water partition coefficient (Wildman–Crippen LogP) is 4.23. The fourth-order valence-corrected chi connectivity index (χ4v) is 9.51. The third-order valence-corrected chi connectivity index (χ3v) is 13.0. The number of piperidine rings is 1. The molecule has 1 unspecified atom stereocenters. The number of cyclic esters (lactones) is 1. The lowest BCUT2D eigenvalue weighted by atomic mass is 9.78. The molecule has 1 saturated carbocycles. The number of hydrogen-bond donors (Lipinski definition) is 4. The highest BCUT2D eigenvalue weighted by atomic mass is 16.7. The van der Waals surface area contributed by atoms with Crippen LogP contribution in [0.1, 0.15) is 105 Å². The zero-order chi connectivity index (χ0) is 42.2. The number of amides is 1. The van der Waals surface area contributed by atoms with Gasteiger partial charge in [-0.25, -0.2) is 4.79 Å². The Hall–Kier alpha value is -2.78. The van der Waals surface area contributed by atoms with E-state index in [1.54, 1.807) is 26.8 Å². The number of carbonyl (C=O) groups is 4. The Labute approximate surface area is 338 Å². The second-order valence-electron chi connectivity index (χ2n) is 17.4. The predicted molar refractivity (Wildman–Crippen MR) is 212 cm³/mol. The van der Waals surface area contributed by atoms with E-state index in [1.807, 2.05) is 26.0 Å². The van der Waals surface area contributed by atoms with Crippen LogP contribution in [0.25, 0.3) is 0 Å². The van der Waals surface area contributed by atoms with Crippen LogP contribution in [0.5, 0.6) is 0 Å².